The molecule has 3 aliphatic rings. The normalized spacial score (nSPS) is 23.6. The highest BCUT2D eigenvalue weighted by atomic mass is 16.1. The number of nitrogens with one attached hydrogen (secondary N) is 3. The van der Waals surface area contributed by atoms with E-state index >= 15 is 0 Å². The SMILES string of the molecule is O=c1[nH]ccc2c1C1=C3C(=CNC3CCN1)C=C2. The van der Waals surface area contributed by atoms with E-state index in [4.69, 9.17) is 0 Å². The molecule has 3 N–H and O–H groups in total. The molecule has 0 saturated heterocycles. The minimum atomic E-state index is -0.0269. The molecule has 4 rings (SSSR count). The fourth-order valence-corrected chi connectivity index (χ4v) is 2.97. The van der Waals surface area contributed by atoms with E-state index < -0.39 is 0 Å². The van der Waals surface area contributed by atoms with Crippen LogP contribution in [0, 0.1) is 0 Å². The van der Waals surface area contributed by atoms with Gasteiger partial charge in [0.1, 0.15) is 0 Å². The molecule has 0 spiro atoms. The molecule has 2 aliphatic heterocycles. The van der Waals surface area contributed by atoms with Crippen LogP contribution in [0.4, 0.5) is 0 Å². The number of hydrogen-bond acceptors (Lipinski definition) is 3. The maximum absolute atomic E-state index is 12.1. The van der Waals surface area contributed by atoms with E-state index in [1.54, 1.807) is 6.20 Å². The van der Waals surface area contributed by atoms with Crippen LogP contribution in [0.3, 0.4) is 0 Å². The highest BCUT2D eigenvalue weighted by molar-refractivity contribution is 5.83. The first-order chi connectivity index (χ1) is 8.84. The van der Waals surface area contributed by atoms with Gasteiger partial charge in [-0.2, -0.15) is 0 Å². The van der Waals surface area contributed by atoms with Gasteiger partial charge in [-0.3, -0.25) is 4.79 Å². The number of pyridine rings is 1. The Morgan fingerprint density at radius 3 is 3.17 bits per heavy atom. The van der Waals surface area contributed by atoms with Crippen molar-refractivity contribution in [1.29, 1.82) is 0 Å². The minimum absolute atomic E-state index is 0.0269. The van der Waals surface area contributed by atoms with E-state index in [1.165, 1.54) is 11.1 Å². The molecular weight excluding hydrogens is 226 g/mol. The summed E-state index contributed by atoms with van der Waals surface area (Å²) in [6.07, 6.45) is 8.89. The number of aromatic nitrogens is 1. The second kappa shape index (κ2) is 3.38. The Morgan fingerprint density at radius 1 is 1.28 bits per heavy atom. The van der Waals surface area contributed by atoms with Crippen molar-refractivity contribution >= 4 is 11.8 Å². The van der Waals surface area contributed by atoms with Gasteiger partial charge in [0, 0.05) is 24.5 Å². The number of H-pyrrole nitrogens is 1. The van der Waals surface area contributed by atoms with Crippen LogP contribution in [0.25, 0.3) is 11.8 Å². The van der Waals surface area contributed by atoms with E-state index in [2.05, 4.69) is 21.7 Å². The third kappa shape index (κ3) is 1.17. The number of hydrogen-bond donors (Lipinski definition) is 3. The lowest BCUT2D eigenvalue weighted by molar-refractivity contribution is 0.597. The van der Waals surface area contributed by atoms with Gasteiger partial charge in [-0.1, -0.05) is 12.2 Å². The van der Waals surface area contributed by atoms with E-state index in [-0.39, 0.29) is 5.56 Å². The van der Waals surface area contributed by atoms with Gasteiger partial charge in [0.15, 0.2) is 0 Å². The molecule has 1 aliphatic carbocycles. The molecule has 3 heterocycles. The molecular formula is C14H13N3O. The van der Waals surface area contributed by atoms with Gasteiger partial charge >= 0.3 is 0 Å². The summed E-state index contributed by atoms with van der Waals surface area (Å²) in [5.74, 6) is 0. The number of allylic oxidation sites excluding steroid dienone is 1. The fraction of sp³-hybridized carbons (Fsp3) is 0.214. The summed E-state index contributed by atoms with van der Waals surface area (Å²) < 4.78 is 0. The van der Waals surface area contributed by atoms with Crippen molar-refractivity contribution < 1.29 is 0 Å². The molecule has 0 bridgehead atoms. The average molecular weight is 239 g/mol. The van der Waals surface area contributed by atoms with Gasteiger partial charge in [-0.05, 0) is 23.6 Å². The van der Waals surface area contributed by atoms with Crippen LogP contribution >= 0.6 is 0 Å². The van der Waals surface area contributed by atoms with E-state index in [0.29, 0.717) is 6.04 Å². The maximum atomic E-state index is 12.1. The lowest BCUT2D eigenvalue weighted by Gasteiger charge is -2.25. The zero-order chi connectivity index (χ0) is 12.1. The summed E-state index contributed by atoms with van der Waals surface area (Å²) in [7, 11) is 0. The molecule has 1 aromatic rings. The molecule has 1 aromatic heterocycles. The summed E-state index contributed by atoms with van der Waals surface area (Å²) >= 11 is 0. The molecule has 0 saturated carbocycles. The largest absolute Gasteiger partial charge is 0.384 e. The quantitative estimate of drug-likeness (QED) is 0.632. The summed E-state index contributed by atoms with van der Waals surface area (Å²) in [4.78, 5) is 14.9. The highest BCUT2D eigenvalue weighted by Crippen LogP contribution is 2.35. The Labute approximate surface area is 104 Å². The summed E-state index contributed by atoms with van der Waals surface area (Å²) in [5.41, 5.74) is 5.11. The van der Waals surface area contributed by atoms with Crippen LogP contribution in [-0.2, 0) is 0 Å². The number of rotatable bonds is 0. The van der Waals surface area contributed by atoms with Gasteiger partial charge < -0.3 is 15.6 Å². The molecule has 4 nitrogen and oxygen atoms in total. The third-order valence-electron chi connectivity index (χ3n) is 3.79. The zero-order valence-corrected chi connectivity index (χ0v) is 9.79. The van der Waals surface area contributed by atoms with Crippen LogP contribution in [0.15, 0.2) is 40.5 Å². The Bertz CT molecular complexity index is 679. The lowest BCUT2D eigenvalue weighted by Crippen LogP contribution is -2.35. The molecule has 4 heteroatoms. The summed E-state index contributed by atoms with van der Waals surface area (Å²) in [5, 5.41) is 6.78. The monoisotopic (exact) mass is 239 g/mol. The van der Waals surface area contributed by atoms with Crippen molar-refractivity contribution in [3.05, 3.63) is 57.2 Å². The maximum Gasteiger partial charge on any atom is 0.257 e. The van der Waals surface area contributed by atoms with Crippen molar-refractivity contribution in [2.45, 2.75) is 12.5 Å². The Hall–Kier alpha value is -2.23. The standard InChI is InChI=1S/C14H13N3O/c18-14-12-8(3-5-16-14)1-2-9-7-17-10-4-6-15-13(12)11(9)10/h1-3,5,7,10,15,17H,4,6H2,(H,16,18). The number of fused-ring (bicyclic) bond motifs is 2. The third-order valence-corrected chi connectivity index (χ3v) is 3.79. The Morgan fingerprint density at radius 2 is 2.22 bits per heavy atom. The predicted octanol–water partition coefficient (Wildman–Crippen LogP) is 0.962. The van der Waals surface area contributed by atoms with Gasteiger partial charge in [0.25, 0.3) is 5.56 Å². The lowest BCUT2D eigenvalue weighted by atomic mass is 9.93. The van der Waals surface area contributed by atoms with E-state index in [1.807, 2.05) is 18.3 Å². The minimum Gasteiger partial charge on any atom is -0.384 e. The topological polar surface area (TPSA) is 56.9 Å². The molecule has 1 unspecified atom stereocenters. The average Bonchev–Trinajstić information content (AvgIpc) is 2.71. The van der Waals surface area contributed by atoms with Crippen molar-refractivity contribution in [3.63, 3.8) is 0 Å². The second-order valence-electron chi connectivity index (χ2n) is 4.79. The molecule has 0 amide bonds. The first-order valence-electron chi connectivity index (χ1n) is 6.19. The van der Waals surface area contributed by atoms with Gasteiger partial charge in [-0.25, -0.2) is 0 Å². The van der Waals surface area contributed by atoms with Crippen molar-refractivity contribution in [2.24, 2.45) is 0 Å². The van der Waals surface area contributed by atoms with Gasteiger partial charge in [0.2, 0.25) is 0 Å². The number of aromatic amines is 1. The first kappa shape index (κ1) is 9.76. The fourth-order valence-electron chi connectivity index (χ4n) is 2.97. The molecule has 0 radical (unpaired) electrons. The summed E-state index contributed by atoms with van der Waals surface area (Å²) in [6, 6.07) is 2.28. The van der Waals surface area contributed by atoms with Crippen molar-refractivity contribution in [1.82, 2.24) is 15.6 Å². The Kier molecular flexibility index (Phi) is 1.84. The second-order valence-corrected chi connectivity index (χ2v) is 4.79. The highest BCUT2D eigenvalue weighted by Gasteiger charge is 2.31. The van der Waals surface area contributed by atoms with Gasteiger partial charge in [0.05, 0.1) is 17.3 Å². The molecule has 0 fully saturated rings. The molecule has 0 aromatic carbocycles. The van der Waals surface area contributed by atoms with Crippen LogP contribution in [0.2, 0.25) is 0 Å². The molecule has 90 valence electrons. The van der Waals surface area contributed by atoms with Crippen LogP contribution < -0.4 is 16.2 Å². The van der Waals surface area contributed by atoms with Crippen LogP contribution in [0.1, 0.15) is 17.5 Å². The van der Waals surface area contributed by atoms with Crippen LogP contribution in [0.5, 0.6) is 0 Å². The predicted molar refractivity (Wildman–Crippen MR) is 70.6 cm³/mol. The first-order valence-corrected chi connectivity index (χ1v) is 6.19. The Balaban J connectivity index is 2.09. The summed E-state index contributed by atoms with van der Waals surface area (Å²) in [6.45, 7) is 0.894. The van der Waals surface area contributed by atoms with E-state index in [0.717, 1.165) is 29.8 Å². The van der Waals surface area contributed by atoms with Crippen molar-refractivity contribution in [2.75, 3.05) is 6.54 Å². The van der Waals surface area contributed by atoms with Crippen LogP contribution in [-0.4, -0.2) is 17.6 Å². The molecule has 18 heavy (non-hydrogen) atoms. The van der Waals surface area contributed by atoms with Gasteiger partial charge in [-0.15, -0.1) is 0 Å². The zero-order valence-electron chi connectivity index (χ0n) is 9.79. The van der Waals surface area contributed by atoms with E-state index in [9.17, 15) is 4.79 Å². The smallest absolute Gasteiger partial charge is 0.257 e. The van der Waals surface area contributed by atoms with Crippen molar-refractivity contribution in [3.8, 4) is 0 Å². The molecule has 1 atom stereocenters.